The zero-order valence-corrected chi connectivity index (χ0v) is 8.74. The maximum absolute atomic E-state index is 10.7. The van der Waals surface area contributed by atoms with E-state index in [0.717, 1.165) is 19.5 Å². The quantitative estimate of drug-likeness (QED) is 0.450. The van der Waals surface area contributed by atoms with Crippen molar-refractivity contribution in [3.8, 4) is 0 Å². The molecule has 5 N–H and O–H groups in total. The third kappa shape index (κ3) is 4.75. The summed E-state index contributed by atoms with van der Waals surface area (Å²) in [5.41, 5.74) is 10.2. The number of carbonyl (C=O) groups is 2. The fourth-order valence-electron chi connectivity index (χ4n) is 1.57. The second-order valence-electron chi connectivity index (χ2n) is 3.96. The molecule has 2 amide bonds. The Morgan fingerprint density at radius 1 is 1.20 bits per heavy atom. The molecule has 1 fully saturated rings. The van der Waals surface area contributed by atoms with Gasteiger partial charge >= 0.3 is 0 Å². The average molecular weight is 214 g/mol. The summed E-state index contributed by atoms with van der Waals surface area (Å²) >= 11 is 0. The second-order valence-corrected chi connectivity index (χ2v) is 3.96. The summed E-state index contributed by atoms with van der Waals surface area (Å²) in [6.07, 6.45) is 0.966. The van der Waals surface area contributed by atoms with E-state index in [2.05, 4.69) is 5.32 Å². The van der Waals surface area contributed by atoms with Gasteiger partial charge in [-0.1, -0.05) is 0 Å². The molecular formula is C9H18N4O2. The number of primary amides is 2. The predicted octanol–water partition coefficient (Wildman–Crippen LogP) is -2.13. The Balaban J connectivity index is 2.26. The summed E-state index contributed by atoms with van der Waals surface area (Å²) < 4.78 is 0. The molecule has 0 aliphatic carbocycles. The third-order valence-electron chi connectivity index (χ3n) is 2.48. The van der Waals surface area contributed by atoms with E-state index in [0.29, 0.717) is 12.5 Å². The molecule has 0 bridgehead atoms. The average Bonchev–Trinajstić information content (AvgIpc) is 1.98. The highest BCUT2D eigenvalue weighted by Gasteiger charge is 2.19. The van der Waals surface area contributed by atoms with Crippen LogP contribution in [0.3, 0.4) is 0 Å². The molecule has 0 aromatic carbocycles. The van der Waals surface area contributed by atoms with Gasteiger partial charge in [0.15, 0.2) is 0 Å². The van der Waals surface area contributed by atoms with E-state index in [-0.39, 0.29) is 13.1 Å². The molecule has 86 valence electrons. The summed E-state index contributed by atoms with van der Waals surface area (Å²) in [5.74, 6) is -0.209. The van der Waals surface area contributed by atoms with Gasteiger partial charge in [-0.05, 0) is 32.0 Å². The first-order valence-electron chi connectivity index (χ1n) is 5.07. The first-order valence-corrected chi connectivity index (χ1v) is 5.07. The van der Waals surface area contributed by atoms with Crippen LogP contribution in [0.25, 0.3) is 0 Å². The monoisotopic (exact) mass is 214 g/mol. The number of nitrogens with one attached hydrogen (secondary N) is 1. The minimum absolute atomic E-state index is 0.100. The van der Waals surface area contributed by atoms with Crippen LogP contribution < -0.4 is 16.8 Å². The number of nitrogens with zero attached hydrogens (tertiary/aromatic N) is 1. The number of hydrogen-bond acceptors (Lipinski definition) is 4. The van der Waals surface area contributed by atoms with Crippen LogP contribution in [-0.2, 0) is 9.59 Å². The number of hydrogen-bond donors (Lipinski definition) is 3. The van der Waals surface area contributed by atoms with E-state index in [1.807, 2.05) is 0 Å². The highest BCUT2D eigenvalue weighted by Crippen LogP contribution is 2.08. The molecule has 0 radical (unpaired) electrons. The minimum atomic E-state index is -0.428. The Labute approximate surface area is 89.0 Å². The molecule has 0 aromatic heterocycles. The zero-order chi connectivity index (χ0) is 11.3. The first-order chi connectivity index (χ1) is 7.08. The van der Waals surface area contributed by atoms with Crippen molar-refractivity contribution in [2.24, 2.45) is 17.4 Å². The molecule has 1 aliphatic rings. The van der Waals surface area contributed by atoms with E-state index < -0.39 is 11.8 Å². The van der Waals surface area contributed by atoms with Gasteiger partial charge in [0.05, 0.1) is 13.1 Å². The Morgan fingerprint density at radius 2 is 1.73 bits per heavy atom. The molecule has 0 saturated carbocycles. The standard InChI is InChI=1S/C9H18N4O2/c10-8(14)5-13(6-9(11)15)2-1-7-3-12-4-7/h7,12H,1-6H2,(H2,10,14)(H2,11,15). The molecule has 0 spiro atoms. The Hall–Kier alpha value is -1.14. The van der Waals surface area contributed by atoms with Crippen molar-refractivity contribution in [2.45, 2.75) is 6.42 Å². The van der Waals surface area contributed by atoms with E-state index >= 15 is 0 Å². The van der Waals surface area contributed by atoms with Crippen LogP contribution >= 0.6 is 0 Å². The number of amides is 2. The SMILES string of the molecule is NC(=O)CN(CCC1CNC1)CC(N)=O. The summed E-state index contributed by atoms with van der Waals surface area (Å²) in [6, 6.07) is 0. The Bertz CT molecular complexity index is 224. The van der Waals surface area contributed by atoms with Crippen LogP contribution in [0.15, 0.2) is 0 Å². The normalized spacial score (nSPS) is 16.3. The molecule has 15 heavy (non-hydrogen) atoms. The fraction of sp³-hybridized carbons (Fsp3) is 0.778. The van der Waals surface area contributed by atoms with Crippen LogP contribution in [0.1, 0.15) is 6.42 Å². The number of nitrogens with two attached hydrogens (primary N) is 2. The first kappa shape index (κ1) is 11.9. The smallest absolute Gasteiger partial charge is 0.231 e. The molecule has 1 aliphatic heterocycles. The Kier molecular flexibility index (Phi) is 4.51. The van der Waals surface area contributed by atoms with Crippen molar-refractivity contribution in [1.82, 2.24) is 10.2 Å². The summed E-state index contributed by atoms with van der Waals surface area (Å²) in [5, 5.41) is 3.16. The molecular weight excluding hydrogens is 196 g/mol. The van der Waals surface area contributed by atoms with E-state index in [4.69, 9.17) is 11.5 Å². The maximum Gasteiger partial charge on any atom is 0.231 e. The largest absolute Gasteiger partial charge is 0.369 e. The molecule has 1 saturated heterocycles. The van der Waals surface area contributed by atoms with Crippen molar-refractivity contribution in [3.63, 3.8) is 0 Å². The molecule has 0 atom stereocenters. The van der Waals surface area contributed by atoms with Gasteiger partial charge in [-0.15, -0.1) is 0 Å². The van der Waals surface area contributed by atoms with Gasteiger partial charge in [-0.25, -0.2) is 0 Å². The Morgan fingerprint density at radius 3 is 2.07 bits per heavy atom. The summed E-state index contributed by atoms with van der Waals surface area (Å²) in [4.78, 5) is 23.2. The molecule has 6 heteroatoms. The number of carbonyl (C=O) groups excluding carboxylic acids is 2. The van der Waals surface area contributed by atoms with Crippen molar-refractivity contribution >= 4 is 11.8 Å². The summed E-state index contributed by atoms with van der Waals surface area (Å²) in [6.45, 7) is 2.92. The van der Waals surface area contributed by atoms with Gasteiger partial charge in [-0.2, -0.15) is 0 Å². The highest BCUT2D eigenvalue weighted by atomic mass is 16.2. The number of rotatable bonds is 7. The predicted molar refractivity (Wildman–Crippen MR) is 55.8 cm³/mol. The third-order valence-corrected chi connectivity index (χ3v) is 2.48. The van der Waals surface area contributed by atoms with E-state index in [9.17, 15) is 9.59 Å². The lowest BCUT2D eigenvalue weighted by molar-refractivity contribution is -0.122. The lowest BCUT2D eigenvalue weighted by atomic mass is 9.99. The minimum Gasteiger partial charge on any atom is -0.369 e. The molecule has 1 rings (SSSR count). The zero-order valence-electron chi connectivity index (χ0n) is 8.74. The van der Waals surface area contributed by atoms with Crippen LogP contribution in [0.5, 0.6) is 0 Å². The van der Waals surface area contributed by atoms with Gasteiger partial charge in [0.25, 0.3) is 0 Å². The van der Waals surface area contributed by atoms with Gasteiger partial charge in [-0.3, -0.25) is 14.5 Å². The van der Waals surface area contributed by atoms with Gasteiger partial charge in [0.1, 0.15) is 0 Å². The van der Waals surface area contributed by atoms with Crippen LogP contribution in [0.4, 0.5) is 0 Å². The van der Waals surface area contributed by atoms with Gasteiger partial charge < -0.3 is 16.8 Å². The molecule has 1 heterocycles. The highest BCUT2D eigenvalue weighted by molar-refractivity contribution is 5.79. The molecule has 6 nitrogen and oxygen atoms in total. The maximum atomic E-state index is 10.7. The second kappa shape index (κ2) is 5.67. The fourth-order valence-corrected chi connectivity index (χ4v) is 1.57. The summed E-state index contributed by atoms with van der Waals surface area (Å²) in [7, 11) is 0. The van der Waals surface area contributed by atoms with Crippen LogP contribution in [0.2, 0.25) is 0 Å². The van der Waals surface area contributed by atoms with Crippen molar-refractivity contribution in [1.29, 1.82) is 0 Å². The van der Waals surface area contributed by atoms with E-state index in [1.54, 1.807) is 4.90 Å². The van der Waals surface area contributed by atoms with Gasteiger partial charge in [0.2, 0.25) is 11.8 Å². The topological polar surface area (TPSA) is 101 Å². The van der Waals surface area contributed by atoms with Crippen LogP contribution in [0, 0.1) is 5.92 Å². The molecule has 0 unspecified atom stereocenters. The van der Waals surface area contributed by atoms with Crippen molar-refractivity contribution < 1.29 is 9.59 Å². The van der Waals surface area contributed by atoms with Crippen molar-refractivity contribution in [3.05, 3.63) is 0 Å². The van der Waals surface area contributed by atoms with Crippen LogP contribution in [-0.4, -0.2) is 49.4 Å². The van der Waals surface area contributed by atoms with Crippen molar-refractivity contribution in [2.75, 3.05) is 32.7 Å². The lowest BCUT2D eigenvalue weighted by Crippen LogP contribution is -2.45. The van der Waals surface area contributed by atoms with E-state index in [1.165, 1.54) is 0 Å². The van der Waals surface area contributed by atoms with Gasteiger partial charge in [0, 0.05) is 0 Å². The molecule has 0 aromatic rings. The lowest BCUT2D eigenvalue weighted by Gasteiger charge is -2.29.